The van der Waals surface area contributed by atoms with Crippen LogP contribution in [0.15, 0.2) is 0 Å². The summed E-state index contributed by atoms with van der Waals surface area (Å²) < 4.78 is 68.7. The van der Waals surface area contributed by atoms with E-state index in [-0.39, 0.29) is 25.7 Å². The van der Waals surface area contributed by atoms with Crippen molar-refractivity contribution < 1.29 is 80.2 Å². The number of carbonyl (C=O) groups is 4. The van der Waals surface area contributed by atoms with Crippen molar-refractivity contribution in [3.05, 3.63) is 0 Å². The fraction of sp³-hybridized carbons (Fsp3) is 0.951. The molecule has 0 fully saturated rings. The lowest BCUT2D eigenvalue weighted by atomic mass is 9.99. The normalized spacial score (nSPS) is 14.6. The van der Waals surface area contributed by atoms with Crippen LogP contribution in [-0.4, -0.2) is 96.7 Å². The highest BCUT2D eigenvalue weighted by Gasteiger charge is 2.30. The largest absolute Gasteiger partial charge is 0.472 e. The van der Waals surface area contributed by atoms with Gasteiger partial charge in [-0.25, -0.2) is 9.13 Å². The van der Waals surface area contributed by atoms with E-state index in [0.717, 1.165) is 114 Å². The number of phosphoric ester groups is 2. The average molecular weight is 1470 g/mol. The molecule has 19 heteroatoms. The van der Waals surface area contributed by atoms with E-state index in [9.17, 15) is 43.2 Å². The molecule has 0 rings (SSSR count). The van der Waals surface area contributed by atoms with Gasteiger partial charge in [0.15, 0.2) is 12.2 Å². The quantitative estimate of drug-likeness (QED) is 0.0222. The molecule has 0 aliphatic rings. The van der Waals surface area contributed by atoms with Crippen molar-refractivity contribution in [3.63, 3.8) is 0 Å². The number of ether oxygens (including phenoxy) is 4. The molecule has 0 amide bonds. The van der Waals surface area contributed by atoms with Crippen molar-refractivity contribution in [3.8, 4) is 0 Å². The first-order valence-electron chi connectivity index (χ1n) is 41.8. The third kappa shape index (κ3) is 71.7. The highest BCUT2D eigenvalue weighted by molar-refractivity contribution is 7.47. The first kappa shape index (κ1) is 98.1. The summed E-state index contributed by atoms with van der Waals surface area (Å²) in [5.74, 6) is 1.02. The number of hydrogen-bond donors (Lipinski definition) is 3. The zero-order chi connectivity index (χ0) is 73.8. The van der Waals surface area contributed by atoms with Crippen LogP contribution in [0.5, 0.6) is 0 Å². The maximum absolute atomic E-state index is 13.1. The Balaban J connectivity index is 5.22. The Morgan fingerprint density at radius 3 is 0.710 bits per heavy atom. The summed E-state index contributed by atoms with van der Waals surface area (Å²) in [7, 11) is -9.92. The van der Waals surface area contributed by atoms with Gasteiger partial charge < -0.3 is 33.8 Å². The molecule has 0 aromatic carbocycles. The Morgan fingerprint density at radius 2 is 0.480 bits per heavy atom. The SMILES string of the molecule is CCC(C)CCCCCCCCCCCCCCCCCCCCC(=O)O[C@H](COC(=O)CCCCCCCCCCCCCCCC(C)C)COP(=O)(O)OCC(O)COP(=O)(O)OC[C@@H](COC(=O)CCCCCCCCCC(C)C)OC(=O)CCCCCCCCCCC(C)CC. The highest BCUT2D eigenvalue weighted by atomic mass is 31.2. The average Bonchev–Trinajstić information content (AvgIpc) is 0.987. The number of rotatable bonds is 78. The van der Waals surface area contributed by atoms with Gasteiger partial charge in [-0.15, -0.1) is 0 Å². The van der Waals surface area contributed by atoms with Gasteiger partial charge in [0.25, 0.3) is 0 Å². The van der Waals surface area contributed by atoms with E-state index >= 15 is 0 Å². The van der Waals surface area contributed by atoms with Crippen molar-refractivity contribution >= 4 is 39.5 Å². The summed E-state index contributed by atoms with van der Waals surface area (Å²) >= 11 is 0. The van der Waals surface area contributed by atoms with E-state index < -0.39 is 97.5 Å². The minimum absolute atomic E-state index is 0.104. The van der Waals surface area contributed by atoms with E-state index in [0.29, 0.717) is 31.6 Å². The standard InChI is InChI=1S/C81H158O17P2/c1-9-73(7)59-51-43-35-27-23-19-15-13-11-12-14-16-20-25-29-38-47-55-63-80(85)97-76(67-91-78(83)61-53-45-37-28-24-21-17-18-22-26-33-41-49-57-71(3)4)69-95-99(87,88)93-65-75(82)66-94-100(89,90)96-70-77(68-92-79(84)62-54-46-40-32-34-42-50-58-72(5)6)98-81(86)64-56-48-39-31-30-36-44-52-60-74(8)10-2/h71-77,82H,9-70H2,1-8H3,(H,87,88)(H,89,90)/t73?,74?,75?,76-,77-/m1/s1. The molecule has 0 bridgehead atoms. The summed E-state index contributed by atoms with van der Waals surface area (Å²) in [6, 6.07) is 0. The van der Waals surface area contributed by atoms with Crippen LogP contribution in [-0.2, 0) is 65.4 Å². The Hall–Kier alpha value is -1.94. The Bertz CT molecular complexity index is 1960. The number of aliphatic hydroxyl groups excluding tert-OH is 1. The zero-order valence-electron chi connectivity index (χ0n) is 65.8. The van der Waals surface area contributed by atoms with Crippen LogP contribution in [0, 0.1) is 23.7 Å². The second-order valence-electron chi connectivity index (χ2n) is 30.6. The third-order valence-corrected chi connectivity index (χ3v) is 21.4. The minimum atomic E-state index is -4.96. The van der Waals surface area contributed by atoms with Gasteiger partial charge in [0.1, 0.15) is 19.3 Å². The molecule has 594 valence electrons. The lowest BCUT2D eigenvalue weighted by Gasteiger charge is -2.21. The molecule has 5 unspecified atom stereocenters. The summed E-state index contributed by atoms with van der Waals surface area (Å²) in [5.41, 5.74) is 0. The van der Waals surface area contributed by atoms with Crippen molar-refractivity contribution in [2.75, 3.05) is 39.6 Å². The number of aliphatic hydroxyl groups is 1. The van der Waals surface area contributed by atoms with Gasteiger partial charge in [0.05, 0.1) is 26.4 Å². The maximum Gasteiger partial charge on any atom is 0.472 e. The van der Waals surface area contributed by atoms with E-state index in [1.165, 1.54) is 212 Å². The molecule has 0 spiro atoms. The van der Waals surface area contributed by atoms with E-state index in [4.69, 9.17) is 37.0 Å². The Morgan fingerprint density at radius 1 is 0.280 bits per heavy atom. The smallest absolute Gasteiger partial charge is 0.462 e. The van der Waals surface area contributed by atoms with Gasteiger partial charge in [0, 0.05) is 25.7 Å². The number of unbranched alkanes of at least 4 members (excludes halogenated alkanes) is 42. The fourth-order valence-corrected chi connectivity index (χ4v) is 13.9. The van der Waals surface area contributed by atoms with Crippen molar-refractivity contribution in [2.45, 2.75) is 433 Å². The van der Waals surface area contributed by atoms with Gasteiger partial charge in [-0.05, 0) is 49.4 Å². The molecule has 17 nitrogen and oxygen atoms in total. The van der Waals surface area contributed by atoms with Gasteiger partial charge in [-0.1, -0.05) is 364 Å². The second-order valence-corrected chi connectivity index (χ2v) is 33.5. The van der Waals surface area contributed by atoms with Gasteiger partial charge >= 0.3 is 39.5 Å². The molecule has 0 saturated carbocycles. The van der Waals surface area contributed by atoms with Gasteiger partial charge in [-0.3, -0.25) is 37.3 Å². The Labute approximate surface area is 613 Å². The lowest BCUT2D eigenvalue weighted by molar-refractivity contribution is -0.161. The van der Waals surface area contributed by atoms with Crippen LogP contribution in [0.25, 0.3) is 0 Å². The van der Waals surface area contributed by atoms with Crippen LogP contribution < -0.4 is 0 Å². The molecule has 0 aliphatic carbocycles. The lowest BCUT2D eigenvalue weighted by Crippen LogP contribution is -2.30. The second kappa shape index (κ2) is 70.1. The molecule has 0 aromatic rings. The van der Waals surface area contributed by atoms with Crippen LogP contribution in [0.1, 0.15) is 415 Å². The number of hydrogen-bond acceptors (Lipinski definition) is 15. The number of carbonyl (C=O) groups excluding carboxylic acids is 4. The fourth-order valence-electron chi connectivity index (χ4n) is 12.4. The summed E-state index contributed by atoms with van der Waals surface area (Å²) in [4.78, 5) is 73.0. The molecule has 7 atom stereocenters. The maximum atomic E-state index is 13.1. The monoisotopic (exact) mass is 1470 g/mol. The molecule has 0 aromatic heterocycles. The van der Waals surface area contributed by atoms with Crippen molar-refractivity contribution in [1.82, 2.24) is 0 Å². The van der Waals surface area contributed by atoms with Gasteiger partial charge in [0.2, 0.25) is 0 Å². The van der Waals surface area contributed by atoms with Crippen LogP contribution in [0.4, 0.5) is 0 Å². The molecule has 100 heavy (non-hydrogen) atoms. The van der Waals surface area contributed by atoms with Crippen molar-refractivity contribution in [1.29, 1.82) is 0 Å². The summed E-state index contributed by atoms with van der Waals surface area (Å²) in [5, 5.41) is 10.6. The molecule has 0 saturated heterocycles. The predicted octanol–water partition coefficient (Wildman–Crippen LogP) is 24.0. The molecule has 0 radical (unpaired) electrons. The van der Waals surface area contributed by atoms with Crippen LogP contribution in [0.2, 0.25) is 0 Å². The van der Waals surface area contributed by atoms with Crippen LogP contribution >= 0.6 is 15.6 Å². The summed E-state index contributed by atoms with van der Waals surface area (Å²) in [6.45, 7) is 14.3. The molecule has 0 aliphatic heterocycles. The Kier molecular flexibility index (Phi) is 68.7. The molecule has 3 N–H and O–H groups in total. The van der Waals surface area contributed by atoms with Gasteiger partial charge in [-0.2, -0.15) is 0 Å². The third-order valence-electron chi connectivity index (χ3n) is 19.5. The van der Waals surface area contributed by atoms with Crippen molar-refractivity contribution in [2.24, 2.45) is 23.7 Å². The molecule has 0 heterocycles. The first-order chi connectivity index (χ1) is 48.2. The first-order valence-corrected chi connectivity index (χ1v) is 44.8. The van der Waals surface area contributed by atoms with E-state index in [2.05, 4.69) is 55.4 Å². The predicted molar refractivity (Wildman–Crippen MR) is 409 cm³/mol. The number of esters is 4. The number of phosphoric acid groups is 2. The van der Waals surface area contributed by atoms with E-state index in [1.54, 1.807) is 0 Å². The molecular formula is C81H158O17P2. The topological polar surface area (TPSA) is 237 Å². The van der Waals surface area contributed by atoms with Crippen LogP contribution in [0.3, 0.4) is 0 Å². The summed E-state index contributed by atoms with van der Waals surface area (Å²) in [6.07, 6.45) is 57.0. The zero-order valence-corrected chi connectivity index (χ0v) is 67.6. The molecular weight excluding hydrogens is 1310 g/mol. The van der Waals surface area contributed by atoms with E-state index in [1.807, 2.05) is 0 Å². The minimum Gasteiger partial charge on any atom is -0.462 e. The highest BCUT2D eigenvalue weighted by Crippen LogP contribution is 2.45.